The summed E-state index contributed by atoms with van der Waals surface area (Å²) in [4.78, 5) is 24.4. The van der Waals surface area contributed by atoms with Crippen molar-refractivity contribution in [2.45, 2.75) is 45.3 Å². The number of rotatable bonds is 4. The van der Waals surface area contributed by atoms with Crippen LogP contribution in [0.5, 0.6) is 0 Å². The average molecular weight is 362 g/mol. The largest absolute Gasteiger partial charge is 0.458 e. The molecular formula is C20H26O6. The van der Waals surface area contributed by atoms with Gasteiger partial charge in [-0.2, -0.15) is 0 Å². The van der Waals surface area contributed by atoms with Gasteiger partial charge in [0.25, 0.3) is 0 Å². The van der Waals surface area contributed by atoms with E-state index < -0.39 is 36.7 Å². The van der Waals surface area contributed by atoms with Crippen LogP contribution in [0.1, 0.15) is 33.1 Å². The summed E-state index contributed by atoms with van der Waals surface area (Å²) in [7, 11) is 0. The Bertz CT molecular complexity index is 670. The zero-order valence-electron chi connectivity index (χ0n) is 15.2. The number of esters is 2. The Hall–Kier alpha value is -2.18. The maximum atomic E-state index is 12.4. The molecule has 3 atom stereocenters. The molecule has 0 aromatic heterocycles. The van der Waals surface area contributed by atoms with Gasteiger partial charge < -0.3 is 19.7 Å². The molecule has 2 N–H and O–H groups in total. The molecule has 0 aromatic rings. The zero-order valence-corrected chi connectivity index (χ0v) is 15.2. The number of carbonyl (C=O) groups is 2. The van der Waals surface area contributed by atoms with Crippen molar-refractivity contribution in [2.75, 3.05) is 13.2 Å². The molecule has 1 heterocycles. The van der Waals surface area contributed by atoms with Crippen LogP contribution in [-0.2, 0) is 19.1 Å². The molecule has 0 aromatic carbocycles. The molecule has 6 nitrogen and oxygen atoms in total. The van der Waals surface area contributed by atoms with Crippen molar-refractivity contribution in [1.82, 2.24) is 0 Å². The van der Waals surface area contributed by atoms with Crippen molar-refractivity contribution in [3.8, 4) is 0 Å². The molecule has 142 valence electrons. The third-order valence-corrected chi connectivity index (χ3v) is 4.69. The fourth-order valence-corrected chi connectivity index (χ4v) is 3.27. The molecule has 2 aliphatic rings. The molecular weight excluding hydrogens is 336 g/mol. The van der Waals surface area contributed by atoms with Gasteiger partial charge in [-0.05, 0) is 38.8 Å². The van der Waals surface area contributed by atoms with Crippen LogP contribution in [0.25, 0.3) is 0 Å². The first-order chi connectivity index (χ1) is 12.4. The highest BCUT2D eigenvalue weighted by atomic mass is 16.6. The Balaban J connectivity index is 2.36. The molecule has 1 unspecified atom stereocenters. The summed E-state index contributed by atoms with van der Waals surface area (Å²) in [6.07, 6.45) is 6.17. The lowest BCUT2D eigenvalue weighted by molar-refractivity contribution is -0.147. The van der Waals surface area contributed by atoms with E-state index in [2.05, 4.69) is 12.7 Å². The molecule has 0 radical (unpaired) electrons. The summed E-state index contributed by atoms with van der Waals surface area (Å²) in [5.74, 6) is -1.70. The van der Waals surface area contributed by atoms with Crippen molar-refractivity contribution < 1.29 is 29.3 Å². The van der Waals surface area contributed by atoms with E-state index in [4.69, 9.17) is 14.6 Å². The van der Waals surface area contributed by atoms with Gasteiger partial charge in [-0.15, -0.1) is 0 Å². The Labute approximate surface area is 153 Å². The predicted molar refractivity (Wildman–Crippen MR) is 96.0 cm³/mol. The molecule has 0 bridgehead atoms. The van der Waals surface area contributed by atoms with Crippen LogP contribution in [-0.4, -0.2) is 47.6 Å². The maximum Gasteiger partial charge on any atom is 0.336 e. The van der Waals surface area contributed by atoms with Crippen molar-refractivity contribution in [2.24, 2.45) is 5.92 Å². The summed E-state index contributed by atoms with van der Waals surface area (Å²) in [5, 5.41) is 18.3. The molecule has 0 spiro atoms. The lowest BCUT2D eigenvalue weighted by atomic mass is 9.85. The minimum absolute atomic E-state index is 0.0228. The minimum Gasteiger partial charge on any atom is -0.458 e. The van der Waals surface area contributed by atoms with E-state index in [1.807, 2.05) is 19.9 Å². The first-order valence-corrected chi connectivity index (χ1v) is 8.71. The number of allylic oxidation sites excluding steroid dienone is 2. The Morgan fingerprint density at radius 3 is 2.77 bits per heavy atom. The molecule has 1 aliphatic heterocycles. The second-order valence-corrected chi connectivity index (χ2v) is 6.74. The fraction of sp³-hybridized carbons (Fsp3) is 0.500. The summed E-state index contributed by atoms with van der Waals surface area (Å²) in [5.41, 5.74) is 2.39. The van der Waals surface area contributed by atoms with E-state index >= 15 is 0 Å². The van der Waals surface area contributed by atoms with E-state index in [-0.39, 0.29) is 17.8 Å². The van der Waals surface area contributed by atoms with E-state index in [1.54, 1.807) is 0 Å². The summed E-state index contributed by atoms with van der Waals surface area (Å²) in [6.45, 7) is 6.85. The van der Waals surface area contributed by atoms with Gasteiger partial charge in [0.2, 0.25) is 0 Å². The SMILES string of the molecule is C=C1C(=O)O[C@H]2C=C(C)CCC=C(C)CC(OC(=O)C(=CCO)CO)[C@H]12. The van der Waals surface area contributed by atoms with Crippen LogP contribution in [0.3, 0.4) is 0 Å². The van der Waals surface area contributed by atoms with Gasteiger partial charge in [0, 0.05) is 12.0 Å². The maximum absolute atomic E-state index is 12.4. The van der Waals surface area contributed by atoms with Crippen LogP contribution >= 0.6 is 0 Å². The molecule has 0 amide bonds. The van der Waals surface area contributed by atoms with Gasteiger partial charge in [0.05, 0.1) is 24.7 Å². The van der Waals surface area contributed by atoms with Crippen molar-refractivity contribution in [3.63, 3.8) is 0 Å². The number of hydrogen-bond donors (Lipinski definition) is 2. The quantitative estimate of drug-likeness (QED) is 0.451. The van der Waals surface area contributed by atoms with Crippen molar-refractivity contribution in [1.29, 1.82) is 0 Å². The Morgan fingerprint density at radius 2 is 2.12 bits per heavy atom. The summed E-state index contributed by atoms with van der Waals surface area (Å²) >= 11 is 0. The number of hydrogen-bond acceptors (Lipinski definition) is 6. The normalized spacial score (nSPS) is 27.2. The van der Waals surface area contributed by atoms with Gasteiger partial charge in [0.15, 0.2) is 0 Å². The fourth-order valence-electron chi connectivity index (χ4n) is 3.27. The monoisotopic (exact) mass is 362 g/mol. The number of fused-ring (bicyclic) bond motifs is 1. The standard InChI is InChI=1S/C20H26O6/c1-12-5-4-6-13(2)10-17(26-20(24)15(11-22)7-8-21)18-14(3)19(23)25-16(18)9-12/h6-7,9,16-18,21-22H,3-5,8,10-11H2,1-2H3/t16-,17?,18+/m0/s1. The highest BCUT2D eigenvalue weighted by Crippen LogP contribution is 2.36. The lowest BCUT2D eigenvalue weighted by Gasteiger charge is -2.27. The number of aliphatic hydroxyl groups excluding tert-OH is 2. The molecule has 1 fully saturated rings. The van der Waals surface area contributed by atoms with Crippen molar-refractivity contribution >= 4 is 11.9 Å². The smallest absolute Gasteiger partial charge is 0.336 e. The van der Waals surface area contributed by atoms with E-state index in [0.29, 0.717) is 6.42 Å². The lowest BCUT2D eigenvalue weighted by Crippen LogP contribution is -2.34. The van der Waals surface area contributed by atoms with E-state index in [1.165, 1.54) is 6.08 Å². The van der Waals surface area contributed by atoms with Crippen LogP contribution in [0.2, 0.25) is 0 Å². The van der Waals surface area contributed by atoms with E-state index in [9.17, 15) is 14.7 Å². The molecule has 0 saturated carbocycles. The van der Waals surface area contributed by atoms with Crippen LogP contribution in [0, 0.1) is 5.92 Å². The second-order valence-electron chi connectivity index (χ2n) is 6.74. The molecule has 6 heteroatoms. The van der Waals surface area contributed by atoms with E-state index in [0.717, 1.165) is 24.0 Å². The van der Waals surface area contributed by atoms with Crippen LogP contribution in [0.15, 0.2) is 47.1 Å². The van der Waals surface area contributed by atoms with Gasteiger partial charge in [-0.1, -0.05) is 23.8 Å². The highest BCUT2D eigenvalue weighted by Gasteiger charge is 2.44. The van der Waals surface area contributed by atoms with Gasteiger partial charge in [-0.3, -0.25) is 0 Å². The summed E-state index contributed by atoms with van der Waals surface area (Å²) < 4.78 is 11.1. The van der Waals surface area contributed by atoms with Crippen LogP contribution in [0.4, 0.5) is 0 Å². The first kappa shape index (κ1) is 20.1. The number of ether oxygens (including phenoxy) is 2. The minimum atomic E-state index is -0.719. The van der Waals surface area contributed by atoms with Crippen molar-refractivity contribution in [3.05, 3.63) is 47.1 Å². The molecule has 2 rings (SSSR count). The number of carbonyl (C=O) groups excluding carboxylic acids is 2. The van der Waals surface area contributed by atoms with Gasteiger partial charge in [-0.25, -0.2) is 9.59 Å². The highest BCUT2D eigenvalue weighted by molar-refractivity contribution is 5.92. The van der Waals surface area contributed by atoms with Crippen LogP contribution < -0.4 is 0 Å². The third kappa shape index (κ3) is 4.71. The topological polar surface area (TPSA) is 93.1 Å². The number of aliphatic hydroxyl groups is 2. The molecule has 1 aliphatic carbocycles. The molecule has 1 saturated heterocycles. The van der Waals surface area contributed by atoms with Gasteiger partial charge >= 0.3 is 11.9 Å². The second kappa shape index (κ2) is 8.96. The Kier molecular flexibility index (Phi) is 6.94. The first-order valence-electron chi connectivity index (χ1n) is 8.71. The zero-order chi connectivity index (χ0) is 19.3. The average Bonchev–Trinajstić information content (AvgIpc) is 2.85. The Morgan fingerprint density at radius 1 is 1.38 bits per heavy atom. The third-order valence-electron chi connectivity index (χ3n) is 4.69. The predicted octanol–water partition coefficient (Wildman–Crippen LogP) is 1.98. The molecule has 26 heavy (non-hydrogen) atoms. The summed E-state index contributed by atoms with van der Waals surface area (Å²) in [6, 6.07) is 0. The van der Waals surface area contributed by atoms with Gasteiger partial charge in [0.1, 0.15) is 12.2 Å².